The van der Waals surface area contributed by atoms with Gasteiger partial charge in [-0.25, -0.2) is 4.79 Å². The van der Waals surface area contributed by atoms with E-state index in [0.717, 1.165) is 44.9 Å². The molecule has 4 amide bonds. The summed E-state index contributed by atoms with van der Waals surface area (Å²) in [5, 5.41) is 8.39. The molecule has 10 nitrogen and oxygen atoms in total. The number of Topliss-reactive ketones (excluding diaryl/α,β-unsaturated/α-hetero) is 1. The minimum atomic E-state index is -0.982. The van der Waals surface area contributed by atoms with Crippen LogP contribution in [0.15, 0.2) is 12.7 Å². The number of nitrogens with one attached hydrogen (secondary N) is 3. The maximum atomic E-state index is 14.4. The third-order valence-corrected chi connectivity index (χ3v) is 12.3. The zero-order chi connectivity index (χ0) is 32.1. The van der Waals surface area contributed by atoms with Crippen LogP contribution in [0.5, 0.6) is 0 Å². The Kier molecular flexibility index (Phi) is 8.80. The molecule has 0 radical (unpaired) electrons. The largest absolute Gasteiger partial charge is 0.443 e. The van der Waals surface area contributed by atoms with Crippen LogP contribution >= 0.6 is 0 Å². The van der Waals surface area contributed by atoms with Crippen LogP contribution < -0.4 is 16.0 Å². The number of alkyl carbamates (subject to hydrolysis) is 1. The van der Waals surface area contributed by atoms with Crippen LogP contribution in [-0.2, 0) is 23.9 Å². The molecule has 7 fully saturated rings. The van der Waals surface area contributed by atoms with Gasteiger partial charge in [-0.15, -0.1) is 6.58 Å². The molecule has 248 valence electrons. The first-order valence-electron chi connectivity index (χ1n) is 17.5. The topological polar surface area (TPSA) is 134 Å². The lowest BCUT2D eigenvalue weighted by Crippen LogP contribution is -2.60. The summed E-state index contributed by atoms with van der Waals surface area (Å²) < 4.78 is 6.27. The van der Waals surface area contributed by atoms with Crippen LogP contribution in [0.2, 0.25) is 0 Å². The van der Waals surface area contributed by atoms with Gasteiger partial charge < -0.3 is 25.6 Å². The molecule has 3 N–H and O–H groups in total. The van der Waals surface area contributed by atoms with Crippen LogP contribution in [0.4, 0.5) is 4.79 Å². The third-order valence-electron chi connectivity index (χ3n) is 12.3. The van der Waals surface area contributed by atoms with Gasteiger partial charge >= 0.3 is 6.09 Å². The normalized spacial score (nSPS) is 35.2. The molecule has 1 heterocycles. The fraction of sp³-hybridized carbons (Fsp3) is 0.800. The summed E-state index contributed by atoms with van der Waals surface area (Å²) in [5.41, 5.74) is -0.541. The molecule has 10 heteroatoms. The van der Waals surface area contributed by atoms with Crippen LogP contribution in [0, 0.1) is 40.9 Å². The number of ether oxygens (including phenoxy) is 1. The van der Waals surface area contributed by atoms with Gasteiger partial charge in [0.05, 0.1) is 6.04 Å². The minimum absolute atomic E-state index is 0.0157. The Labute approximate surface area is 267 Å². The molecule has 1 saturated heterocycles. The van der Waals surface area contributed by atoms with Crippen molar-refractivity contribution in [2.45, 2.75) is 122 Å². The number of carbonyl (C=O) groups is 5. The average molecular weight is 625 g/mol. The predicted octanol–water partition coefficient (Wildman–Crippen LogP) is 3.88. The van der Waals surface area contributed by atoms with Crippen LogP contribution in [0.1, 0.15) is 97.8 Å². The van der Waals surface area contributed by atoms with Crippen molar-refractivity contribution in [3.05, 3.63) is 12.7 Å². The summed E-state index contributed by atoms with van der Waals surface area (Å²) in [5.74, 6) is -0.148. The summed E-state index contributed by atoms with van der Waals surface area (Å²) >= 11 is 0. The minimum Gasteiger partial charge on any atom is -0.443 e. The van der Waals surface area contributed by atoms with E-state index >= 15 is 0 Å². The van der Waals surface area contributed by atoms with E-state index in [1.807, 2.05) is 6.92 Å². The number of likely N-dealkylation sites (tertiary alicyclic amines) is 1. The molecule has 0 aromatic heterocycles. The second-order valence-electron chi connectivity index (χ2n) is 15.8. The first kappa shape index (κ1) is 32.0. The Balaban J connectivity index is 1.18. The van der Waals surface area contributed by atoms with Gasteiger partial charge in [-0.1, -0.05) is 46.1 Å². The molecule has 6 saturated carbocycles. The molecule has 0 aromatic rings. The summed E-state index contributed by atoms with van der Waals surface area (Å²) in [6, 6.07) is -2.52. The molecule has 7 rings (SSSR count). The van der Waals surface area contributed by atoms with Gasteiger partial charge in [-0.05, 0) is 98.7 Å². The van der Waals surface area contributed by atoms with Gasteiger partial charge in [0, 0.05) is 13.1 Å². The summed E-state index contributed by atoms with van der Waals surface area (Å²) in [6.45, 7) is 10.3. The van der Waals surface area contributed by atoms with E-state index in [1.54, 1.807) is 4.90 Å². The fourth-order valence-electron chi connectivity index (χ4n) is 10.4. The van der Waals surface area contributed by atoms with E-state index in [9.17, 15) is 24.0 Å². The van der Waals surface area contributed by atoms with Crippen molar-refractivity contribution in [3.8, 4) is 0 Å². The lowest BCUT2D eigenvalue weighted by Gasteiger charge is -2.55. The number of hydrogen-bond acceptors (Lipinski definition) is 6. The van der Waals surface area contributed by atoms with Crippen molar-refractivity contribution >= 4 is 29.6 Å². The second-order valence-corrected chi connectivity index (χ2v) is 15.8. The number of carbonyl (C=O) groups excluding carboxylic acids is 5. The second kappa shape index (κ2) is 12.4. The van der Waals surface area contributed by atoms with E-state index < -0.39 is 47.4 Å². The fourth-order valence-corrected chi connectivity index (χ4v) is 10.4. The van der Waals surface area contributed by atoms with E-state index in [2.05, 4.69) is 36.4 Å². The lowest BCUT2D eigenvalue weighted by molar-refractivity contribution is -0.145. The van der Waals surface area contributed by atoms with Gasteiger partial charge in [0.2, 0.25) is 17.6 Å². The summed E-state index contributed by atoms with van der Waals surface area (Å²) in [6.07, 6.45) is 12.1. The molecular formula is C35H52N4O6. The third kappa shape index (κ3) is 6.14. The first-order chi connectivity index (χ1) is 21.5. The Morgan fingerprint density at radius 3 is 2.18 bits per heavy atom. The Morgan fingerprint density at radius 2 is 1.60 bits per heavy atom. The maximum Gasteiger partial charge on any atom is 0.408 e. The van der Waals surface area contributed by atoms with Crippen molar-refractivity contribution in [1.82, 2.24) is 20.9 Å². The van der Waals surface area contributed by atoms with Crippen LogP contribution in [0.3, 0.4) is 0 Å². The quantitative estimate of drug-likeness (QED) is 0.223. The molecule has 6 aliphatic carbocycles. The van der Waals surface area contributed by atoms with E-state index in [0.29, 0.717) is 37.1 Å². The Morgan fingerprint density at radius 1 is 0.978 bits per heavy atom. The zero-order valence-electron chi connectivity index (χ0n) is 27.3. The van der Waals surface area contributed by atoms with Crippen molar-refractivity contribution in [2.75, 3.05) is 13.1 Å². The Bertz CT molecular complexity index is 1190. The van der Waals surface area contributed by atoms with Crippen molar-refractivity contribution in [1.29, 1.82) is 0 Å². The standard InChI is InChI=1S/C35H52N4O6/c1-5-9-25(29(40)31(42)36-12-6-2)37-30(41)28-26-24(34(26,3)4)19-39(28)32(43)27(23-10-7-8-11-23)38-33(44)45-35-16-20-13-21(17-35)15-22(14-20)18-35/h6,20-28H,2,5,7-19H2,1,3-4H3,(H,36,42)(H,37,41)(H,38,44)/t20?,21?,22?,24?,25?,26?,27-,28?,35?/m0/s1. The predicted molar refractivity (Wildman–Crippen MR) is 168 cm³/mol. The molecular weight excluding hydrogens is 572 g/mol. The lowest BCUT2D eigenvalue weighted by atomic mass is 9.54. The number of nitrogens with zero attached hydrogens (tertiary/aromatic N) is 1. The highest BCUT2D eigenvalue weighted by atomic mass is 16.6. The number of piperidine rings is 1. The number of amides is 4. The number of hydrogen-bond donors (Lipinski definition) is 3. The molecule has 0 spiro atoms. The number of ketones is 1. The molecule has 4 bridgehead atoms. The smallest absolute Gasteiger partial charge is 0.408 e. The number of rotatable bonds is 12. The monoisotopic (exact) mass is 624 g/mol. The van der Waals surface area contributed by atoms with Crippen LogP contribution in [0.25, 0.3) is 0 Å². The SMILES string of the molecule is C=CCNC(=O)C(=O)C(CCC)NC(=O)C1C2C(CN1C(=O)[C@@H](NC(=O)OC13CC4CC(CC(C4)C1)C3)C1CCCC1)C2(C)C. The van der Waals surface area contributed by atoms with E-state index in [-0.39, 0.29) is 35.6 Å². The highest BCUT2D eigenvalue weighted by molar-refractivity contribution is 6.38. The van der Waals surface area contributed by atoms with Crippen molar-refractivity contribution in [2.24, 2.45) is 40.9 Å². The molecule has 45 heavy (non-hydrogen) atoms. The number of fused-ring (bicyclic) bond motifs is 1. The maximum absolute atomic E-state index is 14.4. The highest BCUT2D eigenvalue weighted by Crippen LogP contribution is 2.65. The molecule has 1 aliphatic heterocycles. The summed E-state index contributed by atoms with van der Waals surface area (Å²) in [7, 11) is 0. The van der Waals surface area contributed by atoms with Crippen molar-refractivity contribution < 1.29 is 28.7 Å². The molecule has 5 atom stereocenters. The van der Waals surface area contributed by atoms with Gasteiger partial charge in [0.25, 0.3) is 5.91 Å². The van der Waals surface area contributed by atoms with Gasteiger partial charge in [0.15, 0.2) is 0 Å². The van der Waals surface area contributed by atoms with Gasteiger partial charge in [-0.2, -0.15) is 0 Å². The van der Waals surface area contributed by atoms with Gasteiger partial charge in [0.1, 0.15) is 17.7 Å². The molecule has 4 unspecified atom stereocenters. The summed E-state index contributed by atoms with van der Waals surface area (Å²) in [4.78, 5) is 69.1. The molecule has 0 aromatic carbocycles. The Hall–Kier alpha value is -2.91. The van der Waals surface area contributed by atoms with Crippen LogP contribution in [-0.4, -0.2) is 71.3 Å². The van der Waals surface area contributed by atoms with Crippen molar-refractivity contribution in [3.63, 3.8) is 0 Å². The molecule has 7 aliphatic rings. The first-order valence-corrected chi connectivity index (χ1v) is 17.5. The average Bonchev–Trinajstić information content (AvgIpc) is 3.42. The zero-order valence-corrected chi connectivity index (χ0v) is 27.3. The highest BCUT2D eigenvalue weighted by Gasteiger charge is 2.70. The van der Waals surface area contributed by atoms with E-state index in [4.69, 9.17) is 4.74 Å². The van der Waals surface area contributed by atoms with Gasteiger partial charge in [-0.3, -0.25) is 19.2 Å². The van der Waals surface area contributed by atoms with E-state index in [1.165, 1.54) is 25.3 Å².